The van der Waals surface area contributed by atoms with Gasteiger partial charge in [-0.2, -0.15) is 0 Å². The second-order valence-corrected chi connectivity index (χ2v) is 4.99. The van der Waals surface area contributed by atoms with E-state index in [2.05, 4.69) is 5.32 Å². The second-order valence-electron chi connectivity index (χ2n) is 4.99. The van der Waals surface area contributed by atoms with Gasteiger partial charge >= 0.3 is 0 Å². The van der Waals surface area contributed by atoms with Crippen molar-refractivity contribution < 1.29 is 9.90 Å². The van der Waals surface area contributed by atoms with Gasteiger partial charge in [-0.15, -0.1) is 0 Å². The lowest BCUT2D eigenvalue weighted by atomic mass is 10.1. The van der Waals surface area contributed by atoms with Crippen LogP contribution >= 0.6 is 0 Å². The molecule has 0 atom stereocenters. The first-order chi connectivity index (χ1) is 10.1. The zero-order chi connectivity index (χ0) is 14.8. The molecule has 3 heteroatoms. The van der Waals surface area contributed by atoms with Crippen molar-refractivity contribution in [1.82, 2.24) is 0 Å². The molecule has 3 aromatic rings. The number of anilines is 1. The Balaban J connectivity index is 1.97. The van der Waals surface area contributed by atoms with E-state index in [-0.39, 0.29) is 11.7 Å². The van der Waals surface area contributed by atoms with Crippen molar-refractivity contribution in [1.29, 1.82) is 0 Å². The molecule has 0 saturated heterocycles. The van der Waals surface area contributed by atoms with Crippen LogP contribution in [-0.4, -0.2) is 11.0 Å². The predicted octanol–water partition coefficient (Wildman–Crippen LogP) is 4.11. The molecule has 2 N–H and O–H groups in total. The molecule has 0 aliphatic heterocycles. The fourth-order valence-corrected chi connectivity index (χ4v) is 2.33. The van der Waals surface area contributed by atoms with E-state index in [4.69, 9.17) is 0 Å². The molecule has 0 radical (unpaired) electrons. The summed E-state index contributed by atoms with van der Waals surface area (Å²) in [6.07, 6.45) is 0. The van der Waals surface area contributed by atoms with Gasteiger partial charge in [0.05, 0.1) is 0 Å². The molecule has 0 aromatic heterocycles. The minimum atomic E-state index is -0.231. The van der Waals surface area contributed by atoms with Crippen LogP contribution in [0.15, 0.2) is 60.7 Å². The average Bonchev–Trinajstić information content (AvgIpc) is 2.49. The summed E-state index contributed by atoms with van der Waals surface area (Å²) < 4.78 is 0. The summed E-state index contributed by atoms with van der Waals surface area (Å²) in [4.78, 5) is 12.3. The Hall–Kier alpha value is -2.81. The molecule has 0 aliphatic rings. The molecule has 0 spiro atoms. The number of phenolic OH excluding ortho intramolecular Hbond substituents is 1. The topological polar surface area (TPSA) is 49.3 Å². The predicted molar refractivity (Wildman–Crippen MR) is 84.7 cm³/mol. The number of aromatic hydroxyl groups is 1. The van der Waals surface area contributed by atoms with Gasteiger partial charge in [0.15, 0.2) is 0 Å². The molecule has 0 heterocycles. The lowest BCUT2D eigenvalue weighted by Gasteiger charge is -2.09. The quantitative estimate of drug-likeness (QED) is 0.740. The van der Waals surface area contributed by atoms with Gasteiger partial charge in [0, 0.05) is 16.6 Å². The van der Waals surface area contributed by atoms with Crippen LogP contribution in [0.2, 0.25) is 0 Å². The Morgan fingerprint density at radius 3 is 2.52 bits per heavy atom. The molecular formula is C18H15NO2. The van der Waals surface area contributed by atoms with Gasteiger partial charge in [-0.05, 0) is 36.1 Å². The third-order valence-corrected chi connectivity index (χ3v) is 3.50. The number of amides is 1. The Kier molecular flexibility index (Phi) is 3.32. The van der Waals surface area contributed by atoms with E-state index >= 15 is 0 Å². The molecule has 21 heavy (non-hydrogen) atoms. The van der Waals surface area contributed by atoms with Gasteiger partial charge in [-0.1, -0.05) is 42.5 Å². The van der Waals surface area contributed by atoms with Crippen LogP contribution in [0, 0.1) is 6.92 Å². The van der Waals surface area contributed by atoms with Gasteiger partial charge < -0.3 is 10.4 Å². The van der Waals surface area contributed by atoms with Gasteiger partial charge in [-0.3, -0.25) is 4.79 Å². The van der Waals surface area contributed by atoms with Crippen LogP contribution in [0.5, 0.6) is 5.75 Å². The van der Waals surface area contributed by atoms with Crippen molar-refractivity contribution in [3.05, 3.63) is 71.8 Å². The SMILES string of the molecule is Cc1ccccc1NC(=O)c1cc(O)c2ccccc2c1. The first kappa shape index (κ1) is 13.2. The maximum atomic E-state index is 12.3. The Bertz CT molecular complexity index is 824. The largest absolute Gasteiger partial charge is 0.507 e. The molecule has 3 aromatic carbocycles. The third kappa shape index (κ3) is 2.58. The molecular weight excluding hydrogens is 262 g/mol. The first-order valence-corrected chi connectivity index (χ1v) is 6.74. The number of aryl methyl sites for hydroxylation is 1. The lowest BCUT2D eigenvalue weighted by Crippen LogP contribution is -2.12. The molecule has 1 amide bonds. The zero-order valence-corrected chi connectivity index (χ0v) is 11.6. The maximum absolute atomic E-state index is 12.3. The number of carbonyl (C=O) groups excluding carboxylic acids is 1. The van der Waals surface area contributed by atoms with Crippen molar-refractivity contribution >= 4 is 22.4 Å². The van der Waals surface area contributed by atoms with Crippen molar-refractivity contribution in [2.24, 2.45) is 0 Å². The van der Waals surface area contributed by atoms with Gasteiger partial charge in [0.2, 0.25) is 0 Å². The molecule has 104 valence electrons. The third-order valence-electron chi connectivity index (χ3n) is 3.50. The molecule has 0 fully saturated rings. The summed E-state index contributed by atoms with van der Waals surface area (Å²) >= 11 is 0. The van der Waals surface area contributed by atoms with Crippen LogP contribution in [0.1, 0.15) is 15.9 Å². The molecule has 3 nitrogen and oxygen atoms in total. The van der Waals surface area contributed by atoms with E-state index in [0.29, 0.717) is 5.56 Å². The first-order valence-electron chi connectivity index (χ1n) is 6.74. The standard InChI is InChI=1S/C18H15NO2/c1-12-6-2-5-9-16(12)19-18(21)14-10-13-7-3-4-8-15(13)17(20)11-14/h2-11,20H,1H3,(H,19,21). The van der Waals surface area contributed by atoms with Crippen molar-refractivity contribution in [2.45, 2.75) is 6.92 Å². The fourth-order valence-electron chi connectivity index (χ4n) is 2.33. The molecule has 0 unspecified atom stereocenters. The van der Waals surface area contributed by atoms with Gasteiger partial charge in [0.1, 0.15) is 5.75 Å². The molecule has 0 bridgehead atoms. The lowest BCUT2D eigenvalue weighted by molar-refractivity contribution is 0.102. The van der Waals surface area contributed by atoms with E-state index in [1.807, 2.05) is 55.5 Å². The second kappa shape index (κ2) is 5.29. The fraction of sp³-hybridized carbons (Fsp3) is 0.0556. The highest BCUT2D eigenvalue weighted by Crippen LogP contribution is 2.27. The monoisotopic (exact) mass is 277 g/mol. The maximum Gasteiger partial charge on any atom is 0.255 e. The van der Waals surface area contributed by atoms with E-state index in [0.717, 1.165) is 22.0 Å². The number of phenols is 1. The van der Waals surface area contributed by atoms with Crippen molar-refractivity contribution in [3.63, 3.8) is 0 Å². The number of para-hydroxylation sites is 1. The van der Waals surface area contributed by atoms with E-state index in [1.54, 1.807) is 6.07 Å². The summed E-state index contributed by atoms with van der Waals surface area (Å²) in [5.74, 6) is -0.117. The van der Waals surface area contributed by atoms with Crippen molar-refractivity contribution in [2.75, 3.05) is 5.32 Å². The van der Waals surface area contributed by atoms with Crippen LogP contribution in [0.4, 0.5) is 5.69 Å². The minimum Gasteiger partial charge on any atom is -0.507 e. The number of nitrogens with one attached hydrogen (secondary N) is 1. The van der Waals surface area contributed by atoms with Crippen LogP contribution < -0.4 is 5.32 Å². The Labute approximate surface area is 122 Å². The number of rotatable bonds is 2. The number of benzene rings is 3. The highest BCUT2D eigenvalue weighted by molar-refractivity contribution is 6.07. The normalized spacial score (nSPS) is 10.5. The number of fused-ring (bicyclic) bond motifs is 1. The summed E-state index contributed by atoms with van der Waals surface area (Å²) in [5, 5.41) is 14.5. The summed E-state index contributed by atoms with van der Waals surface area (Å²) in [6.45, 7) is 1.94. The molecule has 0 saturated carbocycles. The highest BCUT2D eigenvalue weighted by Gasteiger charge is 2.10. The Morgan fingerprint density at radius 2 is 1.71 bits per heavy atom. The molecule has 3 rings (SSSR count). The van der Waals surface area contributed by atoms with Gasteiger partial charge in [0.25, 0.3) is 5.91 Å². The zero-order valence-electron chi connectivity index (χ0n) is 11.6. The Morgan fingerprint density at radius 1 is 1.00 bits per heavy atom. The highest BCUT2D eigenvalue weighted by atomic mass is 16.3. The summed E-state index contributed by atoms with van der Waals surface area (Å²) in [6, 6.07) is 18.3. The van der Waals surface area contributed by atoms with E-state index in [9.17, 15) is 9.90 Å². The van der Waals surface area contributed by atoms with Crippen molar-refractivity contribution in [3.8, 4) is 5.75 Å². The summed E-state index contributed by atoms with van der Waals surface area (Å²) in [7, 11) is 0. The van der Waals surface area contributed by atoms with Crippen LogP contribution in [-0.2, 0) is 0 Å². The minimum absolute atomic E-state index is 0.114. The van der Waals surface area contributed by atoms with Gasteiger partial charge in [-0.25, -0.2) is 0 Å². The van der Waals surface area contributed by atoms with Crippen LogP contribution in [0.25, 0.3) is 10.8 Å². The number of carbonyl (C=O) groups is 1. The average molecular weight is 277 g/mol. The van der Waals surface area contributed by atoms with E-state index in [1.165, 1.54) is 6.07 Å². The van der Waals surface area contributed by atoms with Crippen LogP contribution in [0.3, 0.4) is 0 Å². The number of hydrogen-bond donors (Lipinski definition) is 2. The summed E-state index contributed by atoms with van der Waals surface area (Å²) in [5.41, 5.74) is 2.21. The number of hydrogen-bond acceptors (Lipinski definition) is 2. The molecule has 0 aliphatic carbocycles. The van der Waals surface area contributed by atoms with E-state index < -0.39 is 0 Å². The smallest absolute Gasteiger partial charge is 0.255 e.